The monoisotopic (exact) mass is 167 g/mol. The molecular formula is C9H17N3. The Morgan fingerprint density at radius 1 is 1.67 bits per heavy atom. The molecule has 1 saturated heterocycles. The fourth-order valence-corrected chi connectivity index (χ4v) is 1.77. The smallest absolute Gasteiger partial charge is 0.117 e. The molecule has 0 radical (unpaired) electrons. The summed E-state index contributed by atoms with van der Waals surface area (Å²) >= 11 is 0. The van der Waals surface area contributed by atoms with E-state index in [1.807, 2.05) is 0 Å². The maximum absolute atomic E-state index is 8.83. The van der Waals surface area contributed by atoms with Gasteiger partial charge in [-0.2, -0.15) is 5.26 Å². The van der Waals surface area contributed by atoms with Crippen molar-refractivity contribution in [3.63, 3.8) is 0 Å². The molecule has 1 aliphatic rings. The van der Waals surface area contributed by atoms with Crippen LogP contribution in [0.25, 0.3) is 0 Å². The maximum Gasteiger partial charge on any atom is 0.117 e. The van der Waals surface area contributed by atoms with E-state index in [0.717, 1.165) is 38.9 Å². The van der Waals surface area contributed by atoms with E-state index >= 15 is 0 Å². The van der Waals surface area contributed by atoms with Gasteiger partial charge in [-0.3, -0.25) is 0 Å². The molecule has 1 aliphatic heterocycles. The molecule has 2 N–H and O–H groups in total. The van der Waals surface area contributed by atoms with Crippen molar-refractivity contribution in [3.8, 4) is 6.07 Å². The van der Waals surface area contributed by atoms with Gasteiger partial charge >= 0.3 is 0 Å². The van der Waals surface area contributed by atoms with Gasteiger partial charge in [-0.05, 0) is 32.4 Å². The quantitative estimate of drug-likeness (QED) is 0.659. The first-order valence-corrected chi connectivity index (χ1v) is 4.63. The molecule has 3 heteroatoms. The van der Waals surface area contributed by atoms with Crippen LogP contribution in [0.15, 0.2) is 0 Å². The first-order chi connectivity index (χ1) is 5.70. The molecule has 1 rings (SSSR count). The highest BCUT2D eigenvalue weighted by atomic mass is 15.2. The first-order valence-electron chi connectivity index (χ1n) is 4.63. The van der Waals surface area contributed by atoms with E-state index in [4.69, 9.17) is 11.0 Å². The minimum absolute atomic E-state index is 0.576. The fourth-order valence-electron chi connectivity index (χ4n) is 1.77. The summed E-state index contributed by atoms with van der Waals surface area (Å²) in [6.45, 7) is 5.08. The molecule has 12 heavy (non-hydrogen) atoms. The highest BCUT2D eigenvalue weighted by Crippen LogP contribution is 2.17. The largest absolute Gasteiger partial charge is 0.312 e. The van der Waals surface area contributed by atoms with E-state index in [0.29, 0.717) is 0 Å². The zero-order chi connectivity index (χ0) is 9.03. The van der Waals surface area contributed by atoms with Crippen molar-refractivity contribution in [2.24, 2.45) is 5.73 Å². The summed E-state index contributed by atoms with van der Waals surface area (Å²) in [5, 5.41) is 8.83. The van der Waals surface area contributed by atoms with Gasteiger partial charge in [0.2, 0.25) is 0 Å². The third-order valence-electron chi connectivity index (χ3n) is 2.37. The summed E-state index contributed by atoms with van der Waals surface area (Å²) in [5.74, 6) is 0. The lowest BCUT2D eigenvalue weighted by molar-refractivity contribution is 0.180. The van der Waals surface area contributed by atoms with Crippen molar-refractivity contribution in [2.75, 3.05) is 19.6 Å². The van der Waals surface area contributed by atoms with Crippen LogP contribution in [0.5, 0.6) is 0 Å². The second kappa shape index (κ2) is 3.88. The minimum Gasteiger partial charge on any atom is -0.312 e. The lowest BCUT2D eigenvalue weighted by atomic mass is 9.92. The second-order valence-electron chi connectivity index (χ2n) is 3.65. The number of nitriles is 1. The van der Waals surface area contributed by atoms with Crippen molar-refractivity contribution in [1.29, 1.82) is 5.26 Å². The van der Waals surface area contributed by atoms with Crippen LogP contribution in [0.2, 0.25) is 0 Å². The molecule has 1 unspecified atom stereocenters. The van der Waals surface area contributed by atoms with Gasteiger partial charge < -0.3 is 10.6 Å². The van der Waals surface area contributed by atoms with Gasteiger partial charge in [0.25, 0.3) is 0 Å². The number of nitrogens with zero attached hydrogens (tertiary/aromatic N) is 2. The number of piperidine rings is 1. The van der Waals surface area contributed by atoms with Crippen LogP contribution in [0, 0.1) is 11.3 Å². The van der Waals surface area contributed by atoms with Crippen LogP contribution in [-0.2, 0) is 0 Å². The molecule has 1 atom stereocenters. The van der Waals surface area contributed by atoms with Gasteiger partial charge in [0.05, 0.1) is 6.07 Å². The predicted molar refractivity (Wildman–Crippen MR) is 48.5 cm³/mol. The molecule has 0 aromatic heterocycles. The molecule has 0 aliphatic carbocycles. The van der Waals surface area contributed by atoms with Gasteiger partial charge in [-0.15, -0.1) is 0 Å². The zero-order valence-corrected chi connectivity index (χ0v) is 7.71. The zero-order valence-electron chi connectivity index (χ0n) is 7.71. The molecule has 1 fully saturated rings. The number of hydrogen-bond acceptors (Lipinski definition) is 3. The van der Waals surface area contributed by atoms with Crippen LogP contribution in [-0.4, -0.2) is 30.1 Å². The standard InChI is InChI=1S/C9H17N3/c1-2-5-12-6-3-4-9(11,7-10)8-12/h2-6,8,11H2,1H3. The number of nitrogens with two attached hydrogens (primary N) is 1. The summed E-state index contributed by atoms with van der Waals surface area (Å²) in [6, 6.07) is 2.20. The van der Waals surface area contributed by atoms with Gasteiger partial charge in [0.1, 0.15) is 5.54 Å². The Morgan fingerprint density at radius 3 is 3.00 bits per heavy atom. The van der Waals surface area contributed by atoms with Crippen molar-refractivity contribution in [3.05, 3.63) is 0 Å². The Balaban J connectivity index is 2.46. The maximum atomic E-state index is 8.83. The van der Waals surface area contributed by atoms with Crippen LogP contribution < -0.4 is 5.73 Å². The summed E-state index contributed by atoms with van der Waals surface area (Å²) < 4.78 is 0. The van der Waals surface area contributed by atoms with E-state index in [9.17, 15) is 0 Å². The predicted octanol–water partition coefficient (Wildman–Crippen LogP) is 0.713. The summed E-state index contributed by atoms with van der Waals surface area (Å²) in [4.78, 5) is 2.28. The van der Waals surface area contributed by atoms with E-state index in [1.54, 1.807) is 0 Å². The normalized spacial score (nSPS) is 31.4. The number of likely N-dealkylation sites (tertiary alicyclic amines) is 1. The summed E-state index contributed by atoms with van der Waals surface area (Å²) in [5.41, 5.74) is 5.30. The van der Waals surface area contributed by atoms with Crippen molar-refractivity contribution in [2.45, 2.75) is 31.7 Å². The Kier molecular flexibility index (Phi) is 3.07. The third kappa shape index (κ3) is 2.20. The van der Waals surface area contributed by atoms with Gasteiger partial charge in [-0.25, -0.2) is 0 Å². The Hall–Kier alpha value is -0.590. The Labute approximate surface area is 74.1 Å². The molecule has 68 valence electrons. The van der Waals surface area contributed by atoms with Gasteiger partial charge in [0, 0.05) is 6.54 Å². The summed E-state index contributed by atoms with van der Waals surface area (Å²) in [7, 11) is 0. The molecule has 0 saturated carbocycles. The van der Waals surface area contributed by atoms with Gasteiger partial charge in [0.15, 0.2) is 0 Å². The van der Waals surface area contributed by atoms with Crippen LogP contribution in [0.4, 0.5) is 0 Å². The molecule has 0 bridgehead atoms. The Bertz CT molecular complexity index is 183. The molecule has 3 nitrogen and oxygen atoms in total. The average molecular weight is 167 g/mol. The SMILES string of the molecule is CCCN1CCCC(N)(C#N)C1. The molecule has 0 aromatic rings. The van der Waals surface area contributed by atoms with Crippen LogP contribution in [0.1, 0.15) is 26.2 Å². The van der Waals surface area contributed by atoms with E-state index in [1.165, 1.54) is 0 Å². The lowest BCUT2D eigenvalue weighted by Crippen LogP contribution is -2.53. The van der Waals surface area contributed by atoms with E-state index in [-0.39, 0.29) is 0 Å². The fraction of sp³-hybridized carbons (Fsp3) is 0.889. The topological polar surface area (TPSA) is 53.0 Å². The molecule has 0 amide bonds. The first kappa shape index (κ1) is 9.50. The minimum atomic E-state index is -0.576. The number of rotatable bonds is 2. The summed E-state index contributed by atoms with van der Waals surface area (Å²) in [6.07, 6.45) is 3.05. The van der Waals surface area contributed by atoms with Crippen LogP contribution in [0.3, 0.4) is 0 Å². The highest BCUT2D eigenvalue weighted by molar-refractivity contribution is 5.08. The van der Waals surface area contributed by atoms with Gasteiger partial charge in [-0.1, -0.05) is 6.92 Å². The third-order valence-corrected chi connectivity index (χ3v) is 2.37. The Morgan fingerprint density at radius 2 is 2.42 bits per heavy atom. The van der Waals surface area contributed by atoms with E-state index in [2.05, 4.69) is 17.9 Å². The second-order valence-corrected chi connectivity index (χ2v) is 3.65. The highest BCUT2D eigenvalue weighted by Gasteiger charge is 2.30. The lowest BCUT2D eigenvalue weighted by Gasteiger charge is -2.35. The van der Waals surface area contributed by atoms with Crippen molar-refractivity contribution in [1.82, 2.24) is 4.90 Å². The van der Waals surface area contributed by atoms with Crippen molar-refractivity contribution < 1.29 is 0 Å². The molecule has 0 spiro atoms. The molecular weight excluding hydrogens is 150 g/mol. The van der Waals surface area contributed by atoms with Crippen LogP contribution >= 0.6 is 0 Å². The average Bonchev–Trinajstić information content (AvgIpc) is 2.05. The number of hydrogen-bond donors (Lipinski definition) is 1. The van der Waals surface area contributed by atoms with Crippen molar-refractivity contribution >= 4 is 0 Å². The van der Waals surface area contributed by atoms with E-state index < -0.39 is 5.54 Å². The molecule has 0 aromatic carbocycles. The molecule has 1 heterocycles.